The Morgan fingerprint density at radius 2 is 2.05 bits per heavy atom. The zero-order chi connectivity index (χ0) is 15.9. The first-order chi connectivity index (χ1) is 9.83. The lowest BCUT2D eigenvalue weighted by atomic mass is 10.1. The molecule has 1 aromatic carbocycles. The van der Waals surface area contributed by atoms with Crippen molar-refractivity contribution in [1.29, 1.82) is 0 Å². The minimum Gasteiger partial charge on any atom is -0.409 e. The van der Waals surface area contributed by atoms with Crippen LogP contribution in [0.4, 0.5) is 13.2 Å². The molecule has 0 aliphatic heterocycles. The Balaban J connectivity index is 2.36. The van der Waals surface area contributed by atoms with Crippen LogP contribution in [0.3, 0.4) is 0 Å². The number of alkyl halides is 3. The van der Waals surface area contributed by atoms with E-state index >= 15 is 0 Å². The number of rotatable bonds is 7. The molecule has 4 N–H and O–H groups in total. The van der Waals surface area contributed by atoms with Gasteiger partial charge < -0.3 is 16.3 Å². The zero-order valence-electron chi connectivity index (χ0n) is 11.3. The maximum Gasteiger partial charge on any atom is 0.389 e. The fraction of sp³-hybridized carbons (Fsp3) is 0.462. The van der Waals surface area contributed by atoms with Gasteiger partial charge in [0.15, 0.2) is 5.84 Å². The highest BCUT2D eigenvalue weighted by atomic mass is 35.5. The van der Waals surface area contributed by atoms with Crippen LogP contribution in [0.1, 0.15) is 30.4 Å². The third-order valence-corrected chi connectivity index (χ3v) is 3.19. The summed E-state index contributed by atoms with van der Waals surface area (Å²) in [6, 6.07) is 4.94. The molecular formula is C13H17ClF3N3O. The largest absolute Gasteiger partial charge is 0.409 e. The fourth-order valence-electron chi connectivity index (χ4n) is 1.71. The summed E-state index contributed by atoms with van der Waals surface area (Å²) in [5, 5.41) is 14.9. The predicted octanol–water partition coefficient (Wildman–Crippen LogP) is 3.26. The number of nitrogens with one attached hydrogen (secondary N) is 1. The Morgan fingerprint density at radius 3 is 2.62 bits per heavy atom. The van der Waals surface area contributed by atoms with E-state index < -0.39 is 12.6 Å². The summed E-state index contributed by atoms with van der Waals surface area (Å²) in [5.41, 5.74) is 6.73. The Labute approximate surface area is 125 Å². The van der Waals surface area contributed by atoms with Crippen LogP contribution in [0.5, 0.6) is 0 Å². The van der Waals surface area contributed by atoms with E-state index in [1.807, 2.05) is 0 Å². The minimum absolute atomic E-state index is 0.0384. The molecule has 1 aromatic rings. The fourth-order valence-corrected chi connectivity index (χ4v) is 1.95. The van der Waals surface area contributed by atoms with Gasteiger partial charge in [-0.05, 0) is 31.0 Å². The molecule has 8 heteroatoms. The Morgan fingerprint density at radius 1 is 1.33 bits per heavy atom. The van der Waals surface area contributed by atoms with Gasteiger partial charge in [-0.25, -0.2) is 0 Å². The van der Waals surface area contributed by atoms with Gasteiger partial charge in [0.25, 0.3) is 0 Å². The van der Waals surface area contributed by atoms with Crippen LogP contribution in [0.2, 0.25) is 5.02 Å². The van der Waals surface area contributed by atoms with Crippen LogP contribution in [-0.4, -0.2) is 23.8 Å². The smallest absolute Gasteiger partial charge is 0.389 e. The average molecular weight is 324 g/mol. The lowest BCUT2D eigenvalue weighted by Gasteiger charge is -2.09. The standard InChI is InChI=1S/C13H17ClF3N3O/c14-11-7-9(12(18)20-21)3-4-10(11)8-19-6-2-1-5-13(15,16)17/h3-4,7,19,21H,1-2,5-6,8H2,(H2,18,20). The van der Waals surface area contributed by atoms with Crippen molar-refractivity contribution in [3.05, 3.63) is 34.3 Å². The van der Waals surface area contributed by atoms with Gasteiger partial charge in [-0.3, -0.25) is 0 Å². The maximum atomic E-state index is 11.9. The summed E-state index contributed by atoms with van der Waals surface area (Å²) >= 11 is 6.05. The van der Waals surface area contributed by atoms with E-state index in [-0.39, 0.29) is 12.3 Å². The van der Waals surface area contributed by atoms with E-state index in [0.29, 0.717) is 30.1 Å². The zero-order valence-corrected chi connectivity index (χ0v) is 12.0. The van der Waals surface area contributed by atoms with Gasteiger partial charge in [0, 0.05) is 23.6 Å². The molecule has 0 saturated heterocycles. The molecule has 0 aromatic heterocycles. The van der Waals surface area contributed by atoms with Crippen LogP contribution in [0.15, 0.2) is 23.4 Å². The molecule has 21 heavy (non-hydrogen) atoms. The molecule has 0 bridgehead atoms. The molecule has 0 heterocycles. The van der Waals surface area contributed by atoms with Gasteiger partial charge in [-0.2, -0.15) is 13.2 Å². The van der Waals surface area contributed by atoms with E-state index in [1.165, 1.54) is 0 Å². The van der Waals surface area contributed by atoms with Crippen molar-refractivity contribution in [2.75, 3.05) is 6.54 Å². The van der Waals surface area contributed by atoms with Crippen LogP contribution in [0, 0.1) is 0 Å². The van der Waals surface area contributed by atoms with Crippen molar-refractivity contribution in [2.24, 2.45) is 10.9 Å². The van der Waals surface area contributed by atoms with Crippen molar-refractivity contribution >= 4 is 17.4 Å². The van der Waals surface area contributed by atoms with Gasteiger partial charge in [0.05, 0.1) is 0 Å². The SMILES string of the molecule is N/C(=N/O)c1ccc(CNCCCCC(F)(F)F)c(Cl)c1. The first kappa shape index (κ1) is 17.6. The van der Waals surface area contributed by atoms with Crippen LogP contribution >= 0.6 is 11.6 Å². The van der Waals surface area contributed by atoms with Crippen LogP contribution < -0.4 is 11.1 Å². The predicted molar refractivity (Wildman–Crippen MR) is 75.6 cm³/mol. The molecule has 0 saturated carbocycles. The number of halogens is 4. The third-order valence-electron chi connectivity index (χ3n) is 2.84. The number of unbranched alkanes of at least 4 members (excludes halogenated alkanes) is 1. The van der Waals surface area contributed by atoms with Gasteiger partial charge >= 0.3 is 6.18 Å². The van der Waals surface area contributed by atoms with E-state index in [0.717, 1.165) is 5.56 Å². The van der Waals surface area contributed by atoms with Crippen LogP contribution in [-0.2, 0) is 6.54 Å². The van der Waals surface area contributed by atoms with Crippen molar-refractivity contribution in [1.82, 2.24) is 5.32 Å². The lowest BCUT2D eigenvalue weighted by molar-refractivity contribution is -0.135. The normalized spacial score (nSPS) is 12.7. The van der Waals surface area contributed by atoms with Crippen molar-refractivity contribution < 1.29 is 18.4 Å². The quantitative estimate of drug-likeness (QED) is 0.237. The van der Waals surface area contributed by atoms with Crippen molar-refractivity contribution in [3.63, 3.8) is 0 Å². The lowest BCUT2D eigenvalue weighted by Crippen LogP contribution is -2.17. The molecule has 0 amide bonds. The third kappa shape index (κ3) is 6.68. The summed E-state index contributed by atoms with van der Waals surface area (Å²) < 4.78 is 35.8. The summed E-state index contributed by atoms with van der Waals surface area (Å²) in [6.45, 7) is 0.926. The van der Waals surface area contributed by atoms with Crippen molar-refractivity contribution in [3.8, 4) is 0 Å². The molecule has 0 fully saturated rings. The number of nitrogens with zero attached hydrogens (tertiary/aromatic N) is 1. The molecule has 1 rings (SSSR count). The number of hydrogen-bond donors (Lipinski definition) is 3. The average Bonchev–Trinajstić information content (AvgIpc) is 2.42. The summed E-state index contributed by atoms with van der Waals surface area (Å²) in [6.07, 6.45) is -4.30. The van der Waals surface area contributed by atoms with Gasteiger partial charge in [0.1, 0.15) is 0 Å². The first-order valence-electron chi connectivity index (χ1n) is 6.37. The van der Waals surface area contributed by atoms with Gasteiger partial charge in [-0.15, -0.1) is 0 Å². The molecule has 0 aliphatic rings. The highest BCUT2D eigenvalue weighted by Crippen LogP contribution is 2.22. The second kappa shape index (κ2) is 8.09. The maximum absolute atomic E-state index is 11.9. The molecule has 118 valence electrons. The number of amidine groups is 1. The topological polar surface area (TPSA) is 70.6 Å². The number of benzene rings is 1. The Hall–Kier alpha value is -1.47. The molecule has 4 nitrogen and oxygen atoms in total. The monoisotopic (exact) mass is 323 g/mol. The molecule has 0 unspecified atom stereocenters. The summed E-state index contributed by atoms with van der Waals surface area (Å²) in [4.78, 5) is 0. The number of nitrogens with two attached hydrogens (primary N) is 1. The highest BCUT2D eigenvalue weighted by Gasteiger charge is 2.25. The molecule has 0 radical (unpaired) electrons. The van der Waals surface area contributed by atoms with Gasteiger partial charge in [-0.1, -0.05) is 28.9 Å². The van der Waals surface area contributed by atoms with E-state index in [9.17, 15) is 13.2 Å². The minimum atomic E-state index is -4.09. The highest BCUT2D eigenvalue weighted by molar-refractivity contribution is 6.31. The van der Waals surface area contributed by atoms with E-state index in [4.69, 9.17) is 22.5 Å². The van der Waals surface area contributed by atoms with E-state index in [2.05, 4.69) is 10.5 Å². The second-order valence-corrected chi connectivity index (χ2v) is 4.95. The Kier molecular flexibility index (Phi) is 6.77. The summed E-state index contributed by atoms with van der Waals surface area (Å²) in [5.74, 6) is -0.0384. The first-order valence-corrected chi connectivity index (χ1v) is 6.75. The second-order valence-electron chi connectivity index (χ2n) is 4.54. The molecule has 0 spiro atoms. The number of oxime groups is 1. The number of hydrogen-bond acceptors (Lipinski definition) is 3. The van der Waals surface area contributed by atoms with Crippen molar-refractivity contribution in [2.45, 2.75) is 32.0 Å². The van der Waals surface area contributed by atoms with Crippen LogP contribution in [0.25, 0.3) is 0 Å². The summed E-state index contributed by atoms with van der Waals surface area (Å²) in [7, 11) is 0. The van der Waals surface area contributed by atoms with Gasteiger partial charge in [0.2, 0.25) is 0 Å². The molecular weight excluding hydrogens is 307 g/mol. The molecule has 0 aliphatic carbocycles. The molecule has 0 atom stereocenters. The van der Waals surface area contributed by atoms with E-state index in [1.54, 1.807) is 18.2 Å². The Bertz CT molecular complexity index is 492.